The van der Waals surface area contributed by atoms with E-state index in [-0.39, 0.29) is 16.3 Å². The molecule has 0 aliphatic heterocycles. The van der Waals surface area contributed by atoms with Crippen LogP contribution in [0.25, 0.3) is 0 Å². The third kappa shape index (κ3) is 2.98. The summed E-state index contributed by atoms with van der Waals surface area (Å²) in [4.78, 5) is 10.6. The standard InChI is InChI=1S/C16H16N2O5S/c1-24(22,23)11-6-7-13(14(9-11)18(20)21)17-16-12-5-3-2-4-10(12)8-15(16)19/h2-7,9,15-17,19H,8H2,1H3/t15-,16+/m1/s1. The number of rotatable bonds is 4. The van der Waals surface area contributed by atoms with Crippen molar-refractivity contribution in [2.45, 2.75) is 23.5 Å². The molecule has 24 heavy (non-hydrogen) atoms. The van der Waals surface area contributed by atoms with E-state index in [0.717, 1.165) is 23.4 Å². The van der Waals surface area contributed by atoms with E-state index in [1.165, 1.54) is 12.1 Å². The van der Waals surface area contributed by atoms with Crippen LogP contribution < -0.4 is 5.32 Å². The van der Waals surface area contributed by atoms with Gasteiger partial charge in [-0.25, -0.2) is 8.42 Å². The highest BCUT2D eigenvalue weighted by molar-refractivity contribution is 7.90. The second kappa shape index (κ2) is 5.88. The first-order valence-corrected chi connectivity index (χ1v) is 9.17. The second-order valence-electron chi connectivity index (χ2n) is 5.80. The molecule has 2 aromatic carbocycles. The average molecular weight is 348 g/mol. The Hall–Kier alpha value is -2.45. The zero-order valence-electron chi connectivity index (χ0n) is 12.8. The molecule has 0 heterocycles. The summed E-state index contributed by atoms with van der Waals surface area (Å²) in [6.45, 7) is 0. The highest BCUT2D eigenvalue weighted by atomic mass is 32.2. The van der Waals surface area contributed by atoms with Crippen LogP contribution in [-0.4, -0.2) is 30.8 Å². The van der Waals surface area contributed by atoms with Gasteiger partial charge in [0.15, 0.2) is 9.84 Å². The van der Waals surface area contributed by atoms with E-state index in [9.17, 15) is 23.6 Å². The molecule has 0 radical (unpaired) electrons. The van der Waals surface area contributed by atoms with Crippen molar-refractivity contribution in [2.24, 2.45) is 0 Å². The number of benzene rings is 2. The lowest BCUT2D eigenvalue weighted by Crippen LogP contribution is -2.21. The minimum atomic E-state index is -3.54. The van der Waals surface area contributed by atoms with Crippen LogP contribution in [0.4, 0.5) is 11.4 Å². The second-order valence-corrected chi connectivity index (χ2v) is 7.82. The van der Waals surface area contributed by atoms with Crippen LogP contribution in [0.5, 0.6) is 0 Å². The van der Waals surface area contributed by atoms with Gasteiger partial charge in [0.1, 0.15) is 5.69 Å². The maximum Gasteiger partial charge on any atom is 0.293 e. The van der Waals surface area contributed by atoms with Gasteiger partial charge in [0.2, 0.25) is 0 Å². The lowest BCUT2D eigenvalue weighted by Gasteiger charge is -2.19. The Morgan fingerprint density at radius 1 is 1.25 bits per heavy atom. The molecule has 0 unspecified atom stereocenters. The number of nitro benzene ring substituents is 1. The summed E-state index contributed by atoms with van der Waals surface area (Å²) in [6, 6.07) is 10.7. The number of sulfone groups is 1. The van der Waals surface area contributed by atoms with Gasteiger partial charge in [0.25, 0.3) is 5.69 Å². The molecule has 0 fully saturated rings. The summed E-state index contributed by atoms with van der Waals surface area (Å²) in [7, 11) is -3.54. The van der Waals surface area contributed by atoms with Gasteiger partial charge in [0.05, 0.1) is 22.0 Å². The van der Waals surface area contributed by atoms with E-state index in [0.29, 0.717) is 6.42 Å². The predicted octanol–water partition coefficient (Wildman–Crippen LogP) is 2.07. The van der Waals surface area contributed by atoms with E-state index in [1.54, 1.807) is 0 Å². The number of fused-ring (bicyclic) bond motifs is 1. The highest BCUT2D eigenvalue weighted by Gasteiger charge is 2.32. The third-order valence-electron chi connectivity index (χ3n) is 4.11. The molecule has 8 heteroatoms. The van der Waals surface area contributed by atoms with Crippen molar-refractivity contribution in [1.82, 2.24) is 0 Å². The zero-order valence-corrected chi connectivity index (χ0v) is 13.7. The van der Waals surface area contributed by atoms with Gasteiger partial charge >= 0.3 is 0 Å². The molecule has 2 aromatic rings. The van der Waals surface area contributed by atoms with E-state index >= 15 is 0 Å². The molecule has 1 aliphatic rings. The summed E-state index contributed by atoms with van der Waals surface area (Å²) in [5.41, 5.74) is 1.70. The number of nitrogens with one attached hydrogen (secondary N) is 1. The molecule has 1 aliphatic carbocycles. The van der Waals surface area contributed by atoms with Gasteiger partial charge in [-0.3, -0.25) is 10.1 Å². The minimum Gasteiger partial charge on any atom is -0.390 e. The lowest BCUT2D eigenvalue weighted by molar-refractivity contribution is -0.384. The summed E-state index contributed by atoms with van der Waals surface area (Å²) >= 11 is 0. The van der Waals surface area contributed by atoms with Crippen LogP contribution in [0.2, 0.25) is 0 Å². The molecule has 2 atom stereocenters. The number of anilines is 1. The molecule has 0 bridgehead atoms. The van der Waals surface area contributed by atoms with E-state index in [2.05, 4.69) is 5.32 Å². The van der Waals surface area contributed by atoms with Crippen molar-refractivity contribution >= 4 is 21.2 Å². The fraction of sp³-hybridized carbons (Fsp3) is 0.250. The first-order chi connectivity index (χ1) is 11.3. The van der Waals surface area contributed by atoms with Crippen LogP contribution in [0.1, 0.15) is 17.2 Å². The van der Waals surface area contributed by atoms with Gasteiger partial charge < -0.3 is 10.4 Å². The molecule has 3 rings (SSSR count). The van der Waals surface area contributed by atoms with Crippen molar-refractivity contribution in [1.29, 1.82) is 0 Å². The molecule has 2 N–H and O–H groups in total. The Bertz CT molecular complexity index is 910. The summed E-state index contributed by atoms with van der Waals surface area (Å²) in [6.07, 6.45) is 0.746. The third-order valence-corrected chi connectivity index (χ3v) is 5.22. The molecule has 126 valence electrons. The van der Waals surface area contributed by atoms with Crippen LogP contribution >= 0.6 is 0 Å². The first kappa shape index (κ1) is 16.4. The number of aliphatic hydroxyl groups excluding tert-OH is 1. The highest BCUT2D eigenvalue weighted by Crippen LogP contribution is 2.37. The maximum absolute atomic E-state index is 11.6. The lowest BCUT2D eigenvalue weighted by atomic mass is 10.1. The van der Waals surface area contributed by atoms with Gasteiger partial charge in [0, 0.05) is 18.7 Å². The van der Waals surface area contributed by atoms with Crippen molar-refractivity contribution in [3.05, 3.63) is 63.7 Å². The normalized spacial score (nSPS) is 19.8. The van der Waals surface area contributed by atoms with E-state index in [4.69, 9.17) is 0 Å². The van der Waals surface area contributed by atoms with E-state index < -0.39 is 26.9 Å². The fourth-order valence-corrected chi connectivity index (χ4v) is 3.57. The van der Waals surface area contributed by atoms with Gasteiger partial charge in [-0.1, -0.05) is 24.3 Å². The Morgan fingerprint density at radius 2 is 1.96 bits per heavy atom. The molecular weight excluding hydrogens is 332 g/mol. The fourth-order valence-electron chi connectivity index (χ4n) is 2.93. The Balaban J connectivity index is 2.00. The van der Waals surface area contributed by atoms with Crippen molar-refractivity contribution in [3.63, 3.8) is 0 Å². The monoisotopic (exact) mass is 348 g/mol. The molecule has 7 nitrogen and oxygen atoms in total. The number of hydrogen-bond acceptors (Lipinski definition) is 6. The van der Waals surface area contributed by atoms with Crippen LogP contribution in [-0.2, 0) is 16.3 Å². The van der Waals surface area contributed by atoms with Crippen LogP contribution in [0.3, 0.4) is 0 Å². The van der Waals surface area contributed by atoms with E-state index in [1.807, 2.05) is 24.3 Å². The summed E-state index contributed by atoms with van der Waals surface area (Å²) < 4.78 is 23.2. The summed E-state index contributed by atoms with van der Waals surface area (Å²) in [5, 5.41) is 24.6. The van der Waals surface area contributed by atoms with Crippen LogP contribution in [0.15, 0.2) is 47.4 Å². The van der Waals surface area contributed by atoms with Gasteiger partial charge in [-0.15, -0.1) is 0 Å². The molecule has 0 spiro atoms. The molecule has 0 saturated heterocycles. The number of aliphatic hydroxyl groups is 1. The maximum atomic E-state index is 11.6. The molecule has 0 amide bonds. The Morgan fingerprint density at radius 3 is 2.62 bits per heavy atom. The Labute approximate surface area is 139 Å². The minimum absolute atomic E-state index is 0.118. The zero-order chi connectivity index (χ0) is 17.5. The topological polar surface area (TPSA) is 110 Å². The van der Waals surface area contributed by atoms with Gasteiger partial charge in [-0.05, 0) is 23.3 Å². The van der Waals surface area contributed by atoms with Crippen molar-refractivity contribution < 1.29 is 18.4 Å². The number of nitro groups is 1. The smallest absolute Gasteiger partial charge is 0.293 e. The Kier molecular flexibility index (Phi) is 4.02. The average Bonchev–Trinajstić information content (AvgIpc) is 2.82. The summed E-state index contributed by atoms with van der Waals surface area (Å²) in [5.74, 6) is 0. The first-order valence-electron chi connectivity index (χ1n) is 7.28. The molecule has 0 aromatic heterocycles. The number of nitrogens with zero attached hydrogens (tertiary/aromatic N) is 1. The largest absolute Gasteiger partial charge is 0.390 e. The molecule has 0 saturated carbocycles. The number of hydrogen-bond donors (Lipinski definition) is 2. The van der Waals surface area contributed by atoms with Crippen molar-refractivity contribution in [3.8, 4) is 0 Å². The quantitative estimate of drug-likeness (QED) is 0.646. The molecular formula is C16H16N2O5S. The van der Waals surface area contributed by atoms with Gasteiger partial charge in [-0.2, -0.15) is 0 Å². The van der Waals surface area contributed by atoms with Crippen LogP contribution in [0, 0.1) is 10.1 Å². The van der Waals surface area contributed by atoms with Crippen molar-refractivity contribution in [2.75, 3.05) is 11.6 Å². The SMILES string of the molecule is CS(=O)(=O)c1ccc(N[C@H]2c3ccccc3C[C@H]2O)c([N+](=O)[O-])c1. The predicted molar refractivity (Wildman–Crippen MR) is 88.7 cm³/mol.